The molecular weight excluding hydrogens is 160 g/mol. The zero-order valence-corrected chi connectivity index (χ0v) is 8.29. The number of nitrogens with one attached hydrogen (secondary N) is 1. The van der Waals surface area contributed by atoms with Gasteiger partial charge < -0.3 is 4.98 Å². The summed E-state index contributed by atoms with van der Waals surface area (Å²) >= 11 is 0. The maximum Gasteiger partial charge on any atom is 0.0561 e. The summed E-state index contributed by atoms with van der Waals surface area (Å²) in [6.07, 6.45) is 8.96. The Hall–Kier alpha value is -1.05. The van der Waals surface area contributed by atoms with E-state index in [-0.39, 0.29) is 0 Å². The van der Waals surface area contributed by atoms with Gasteiger partial charge >= 0.3 is 0 Å². The van der Waals surface area contributed by atoms with Gasteiger partial charge in [-0.15, -0.1) is 0 Å². The Labute approximate surface area is 80.1 Å². The number of aliphatic imine (C=N–C) groups is 1. The molecule has 1 aromatic heterocycles. The second kappa shape index (κ2) is 6.46. The highest BCUT2D eigenvalue weighted by Gasteiger charge is 1.86. The van der Waals surface area contributed by atoms with Gasteiger partial charge in [0.2, 0.25) is 0 Å². The number of hydrogen-bond acceptors (Lipinski definition) is 1. The Balaban J connectivity index is 2.05. The maximum atomic E-state index is 4.33. The van der Waals surface area contributed by atoms with Crippen molar-refractivity contribution >= 4 is 6.21 Å². The van der Waals surface area contributed by atoms with Crippen LogP contribution in [0.15, 0.2) is 23.3 Å². The first kappa shape index (κ1) is 10.0. The molecule has 0 fully saturated rings. The molecular formula is C11H18N2. The van der Waals surface area contributed by atoms with E-state index in [9.17, 15) is 0 Å². The third-order valence-corrected chi connectivity index (χ3v) is 1.99. The van der Waals surface area contributed by atoms with Gasteiger partial charge in [-0.1, -0.05) is 26.2 Å². The number of aromatic nitrogens is 1. The van der Waals surface area contributed by atoms with Crippen LogP contribution in [0.4, 0.5) is 0 Å². The van der Waals surface area contributed by atoms with E-state index in [2.05, 4.69) is 16.9 Å². The summed E-state index contributed by atoms with van der Waals surface area (Å²) in [7, 11) is 0. The first-order valence-electron chi connectivity index (χ1n) is 5.06. The molecule has 0 amide bonds. The number of unbranched alkanes of at least 4 members (excludes halogenated alkanes) is 3. The Kier molecular flexibility index (Phi) is 4.99. The van der Waals surface area contributed by atoms with Crippen LogP contribution < -0.4 is 0 Å². The molecule has 0 aliphatic rings. The van der Waals surface area contributed by atoms with Crippen molar-refractivity contribution in [1.29, 1.82) is 0 Å². The van der Waals surface area contributed by atoms with Gasteiger partial charge in [0.05, 0.1) is 5.69 Å². The molecule has 72 valence electrons. The fourth-order valence-electron chi connectivity index (χ4n) is 1.22. The molecule has 13 heavy (non-hydrogen) atoms. The van der Waals surface area contributed by atoms with Gasteiger partial charge in [-0.3, -0.25) is 4.99 Å². The summed E-state index contributed by atoms with van der Waals surface area (Å²) in [5, 5.41) is 0. The summed E-state index contributed by atoms with van der Waals surface area (Å²) in [4.78, 5) is 7.42. The van der Waals surface area contributed by atoms with Crippen molar-refractivity contribution in [2.45, 2.75) is 32.6 Å². The van der Waals surface area contributed by atoms with Crippen LogP contribution in [0.5, 0.6) is 0 Å². The molecule has 1 aromatic rings. The Morgan fingerprint density at radius 1 is 1.38 bits per heavy atom. The van der Waals surface area contributed by atoms with Crippen LogP contribution >= 0.6 is 0 Å². The normalized spacial score (nSPS) is 11.2. The molecule has 0 aliphatic carbocycles. The van der Waals surface area contributed by atoms with Crippen molar-refractivity contribution in [3.05, 3.63) is 24.0 Å². The SMILES string of the molecule is CCCCCCN=Cc1ccc[nH]1. The topological polar surface area (TPSA) is 28.1 Å². The molecule has 2 nitrogen and oxygen atoms in total. The average Bonchev–Trinajstić information content (AvgIpc) is 2.63. The molecule has 0 bridgehead atoms. The lowest BCUT2D eigenvalue weighted by Crippen LogP contribution is -1.85. The minimum atomic E-state index is 0.957. The van der Waals surface area contributed by atoms with Crippen molar-refractivity contribution in [1.82, 2.24) is 4.98 Å². The summed E-state index contributed by atoms with van der Waals surface area (Å²) in [5.74, 6) is 0. The van der Waals surface area contributed by atoms with Crippen molar-refractivity contribution < 1.29 is 0 Å². The van der Waals surface area contributed by atoms with E-state index in [1.165, 1.54) is 25.7 Å². The molecule has 1 N–H and O–H groups in total. The summed E-state index contributed by atoms with van der Waals surface area (Å²) in [5.41, 5.74) is 1.09. The molecule has 1 heterocycles. The monoisotopic (exact) mass is 178 g/mol. The summed E-state index contributed by atoms with van der Waals surface area (Å²) in [6, 6.07) is 4.01. The third-order valence-electron chi connectivity index (χ3n) is 1.99. The third kappa shape index (κ3) is 4.51. The predicted molar refractivity (Wildman–Crippen MR) is 57.4 cm³/mol. The highest BCUT2D eigenvalue weighted by molar-refractivity contribution is 5.76. The average molecular weight is 178 g/mol. The van der Waals surface area contributed by atoms with Crippen LogP contribution in [-0.4, -0.2) is 17.7 Å². The molecule has 0 aliphatic heterocycles. The lowest BCUT2D eigenvalue weighted by Gasteiger charge is -1.93. The number of rotatable bonds is 6. The van der Waals surface area contributed by atoms with Crippen molar-refractivity contribution in [2.75, 3.05) is 6.54 Å². The van der Waals surface area contributed by atoms with E-state index in [4.69, 9.17) is 0 Å². The van der Waals surface area contributed by atoms with Crippen LogP contribution in [0, 0.1) is 0 Å². The minimum absolute atomic E-state index is 0.957. The second-order valence-corrected chi connectivity index (χ2v) is 3.22. The van der Waals surface area contributed by atoms with Crippen molar-refractivity contribution in [3.8, 4) is 0 Å². The molecule has 1 rings (SSSR count). The van der Waals surface area contributed by atoms with E-state index < -0.39 is 0 Å². The van der Waals surface area contributed by atoms with Crippen LogP contribution in [0.25, 0.3) is 0 Å². The zero-order valence-electron chi connectivity index (χ0n) is 8.29. The van der Waals surface area contributed by atoms with Gasteiger partial charge in [0.15, 0.2) is 0 Å². The van der Waals surface area contributed by atoms with Gasteiger partial charge in [0, 0.05) is 19.0 Å². The van der Waals surface area contributed by atoms with Crippen LogP contribution in [0.1, 0.15) is 38.3 Å². The van der Waals surface area contributed by atoms with Crippen LogP contribution in [0.2, 0.25) is 0 Å². The van der Waals surface area contributed by atoms with E-state index in [0.717, 1.165) is 12.2 Å². The molecule has 2 heteroatoms. The Morgan fingerprint density at radius 2 is 2.31 bits per heavy atom. The fourth-order valence-corrected chi connectivity index (χ4v) is 1.22. The van der Waals surface area contributed by atoms with E-state index >= 15 is 0 Å². The smallest absolute Gasteiger partial charge is 0.0561 e. The predicted octanol–water partition coefficient (Wildman–Crippen LogP) is 3.01. The van der Waals surface area contributed by atoms with Gasteiger partial charge in [-0.05, 0) is 18.6 Å². The van der Waals surface area contributed by atoms with Crippen LogP contribution in [-0.2, 0) is 0 Å². The highest BCUT2D eigenvalue weighted by atomic mass is 14.7. The van der Waals surface area contributed by atoms with Gasteiger partial charge in [-0.25, -0.2) is 0 Å². The van der Waals surface area contributed by atoms with E-state index in [0.29, 0.717) is 0 Å². The number of hydrogen-bond donors (Lipinski definition) is 1. The molecule has 0 spiro atoms. The molecule has 0 atom stereocenters. The molecule has 0 unspecified atom stereocenters. The second-order valence-electron chi connectivity index (χ2n) is 3.22. The largest absolute Gasteiger partial charge is 0.360 e. The first-order valence-corrected chi connectivity index (χ1v) is 5.06. The van der Waals surface area contributed by atoms with Crippen LogP contribution in [0.3, 0.4) is 0 Å². The lowest BCUT2D eigenvalue weighted by molar-refractivity contribution is 0.676. The van der Waals surface area contributed by atoms with Crippen molar-refractivity contribution in [2.24, 2.45) is 4.99 Å². The quantitative estimate of drug-likeness (QED) is 0.512. The Bertz CT molecular complexity index is 224. The fraction of sp³-hybridized carbons (Fsp3) is 0.545. The molecule has 0 aromatic carbocycles. The standard InChI is InChI=1S/C11H18N2/c1-2-3-4-5-8-12-10-11-7-6-9-13-11/h6-7,9-10,13H,2-5,8H2,1H3. The minimum Gasteiger partial charge on any atom is -0.360 e. The molecule has 0 saturated heterocycles. The van der Waals surface area contributed by atoms with Gasteiger partial charge in [-0.2, -0.15) is 0 Å². The molecule has 0 saturated carbocycles. The van der Waals surface area contributed by atoms with Gasteiger partial charge in [0.1, 0.15) is 0 Å². The Morgan fingerprint density at radius 3 is 3.00 bits per heavy atom. The number of aromatic amines is 1. The van der Waals surface area contributed by atoms with E-state index in [1.54, 1.807) is 0 Å². The first-order chi connectivity index (χ1) is 6.43. The summed E-state index contributed by atoms with van der Waals surface area (Å²) < 4.78 is 0. The maximum absolute atomic E-state index is 4.33. The molecule has 0 radical (unpaired) electrons. The van der Waals surface area contributed by atoms with Crippen molar-refractivity contribution in [3.63, 3.8) is 0 Å². The number of nitrogens with zero attached hydrogens (tertiary/aromatic N) is 1. The number of H-pyrrole nitrogens is 1. The lowest BCUT2D eigenvalue weighted by atomic mass is 10.2. The van der Waals surface area contributed by atoms with E-state index in [1.807, 2.05) is 24.5 Å². The summed E-state index contributed by atoms with van der Waals surface area (Å²) in [6.45, 7) is 3.18. The van der Waals surface area contributed by atoms with Gasteiger partial charge in [0.25, 0.3) is 0 Å². The highest BCUT2D eigenvalue weighted by Crippen LogP contribution is 1.98. The zero-order chi connectivity index (χ0) is 9.36.